The lowest BCUT2D eigenvalue weighted by molar-refractivity contribution is -0.385. The van der Waals surface area contributed by atoms with Crippen LogP contribution in [0.2, 0.25) is 0 Å². The second-order valence-electron chi connectivity index (χ2n) is 4.67. The van der Waals surface area contributed by atoms with Crippen molar-refractivity contribution in [2.45, 2.75) is 19.4 Å². The third-order valence-corrected chi connectivity index (χ3v) is 4.12. The smallest absolute Gasteiger partial charge is 0.274 e. The average molecular weight is 294 g/mol. The highest BCUT2D eigenvalue weighted by atomic mass is 32.1. The van der Waals surface area contributed by atoms with E-state index < -0.39 is 10.7 Å². The standard InChI is InChI=1S/C14H15FN2O2S/c1-10(6-14-4-3-5-20-14)16(2)12-7-11(15)8-13(9-12)17(18)19/h3-5,7-10H,6H2,1-2H3. The Bertz CT molecular complexity index is 601. The fourth-order valence-corrected chi connectivity index (χ4v) is 2.81. The van der Waals surface area contributed by atoms with Gasteiger partial charge >= 0.3 is 0 Å². The van der Waals surface area contributed by atoms with Crippen molar-refractivity contribution in [2.24, 2.45) is 0 Å². The number of hydrogen-bond donors (Lipinski definition) is 0. The maximum atomic E-state index is 13.5. The van der Waals surface area contributed by atoms with Gasteiger partial charge in [0.2, 0.25) is 0 Å². The molecule has 1 unspecified atom stereocenters. The van der Waals surface area contributed by atoms with Gasteiger partial charge in [0.15, 0.2) is 0 Å². The van der Waals surface area contributed by atoms with Crippen LogP contribution in [-0.2, 0) is 6.42 Å². The van der Waals surface area contributed by atoms with Crippen molar-refractivity contribution in [3.05, 3.63) is 56.5 Å². The Kier molecular flexibility index (Phi) is 4.34. The molecule has 0 fully saturated rings. The third-order valence-electron chi connectivity index (χ3n) is 3.22. The molecule has 0 saturated carbocycles. The summed E-state index contributed by atoms with van der Waals surface area (Å²) in [4.78, 5) is 13.3. The molecular weight excluding hydrogens is 279 g/mol. The van der Waals surface area contributed by atoms with E-state index in [0.29, 0.717) is 5.69 Å². The van der Waals surface area contributed by atoms with Crippen LogP contribution in [0, 0.1) is 15.9 Å². The zero-order valence-corrected chi connectivity index (χ0v) is 12.1. The average Bonchev–Trinajstić information content (AvgIpc) is 2.89. The van der Waals surface area contributed by atoms with Crippen molar-refractivity contribution in [3.8, 4) is 0 Å². The zero-order valence-electron chi connectivity index (χ0n) is 11.2. The van der Waals surface area contributed by atoms with Gasteiger partial charge in [0.05, 0.1) is 11.0 Å². The van der Waals surface area contributed by atoms with Crippen molar-refractivity contribution in [1.29, 1.82) is 0 Å². The summed E-state index contributed by atoms with van der Waals surface area (Å²) in [7, 11) is 1.82. The molecule has 1 aromatic carbocycles. The van der Waals surface area contributed by atoms with Gasteiger partial charge in [-0.05, 0) is 24.4 Å². The lowest BCUT2D eigenvalue weighted by Gasteiger charge is -2.26. The van der Waals surface area contributed by atoms with Gasteiger partial charge in [-0.3, -0.25) is 10.1 Å². The van der Waals surface area contributed by atoms with Crippen LogP contribution < -0.4 is 4.90 Å². The van der Waals surface area contributed by atoms with Crippen LogP contribution in [0.4, 0.5) is 15.8 Å². The van der Waals surface area contributed by atoms with Crippen molar-refractivity contribution >= 4 is 22.7 Å². The van der Waals surface area contributed by atoms with Crippen LogP contribution in [0.5, 0.6) is 0 Å². The molecule has 0 aliphatic carbocycles. The monoisotopic (exact) mass is 294 g/mol. The predicted octanol–water partition coefficient (Wildman–Crippen LogP) is 3.86. The first-order valence-electron chi connectivity index (χ1n) is 6.17. The molecule has 106 valence electrons. The molecule has 0 radical (unpaired) electrons. The largest absolute Gasteiger partial charge is 0.371 e. The van der Waals surface area contributed by atoms with Gasteiger partial charge in [-0.15, -0.1) is 11.3 Å². The van der Waals surface area contributed by atoms with Crippen LogP contribution in [0.15, 0.2) is 35.7 Å². The van der Waals surface area contributed by atoms with Gasteiger partial charge in [-0.2, -0.15) is 0 Å². The molecule has 4 nitrogen and oxygen atoms in total. The van der Waals surface area contributed by atoms with Gasteiger partial charge in [0.25, 0.3) is 5.69 Å². The number of rotatable bonds is 5. The molecule has 1 aromatic heterocycles. The van der Waals surface area contributed by atoms with Crippen molar-refractivity contribution in [2.75, 3.05) is 11.9 Å². The number of anilines is 1. The summed E-state index contributed by atoms with van der Waals surface area (Å²) in [6.07, 6.45) is 0.818. The molecule has 0 amide bonds. The zero-order chi connectivity index (χ0) is 14.7. The topological polar surface area (TPSA) is 46.4 Å². The van der Waals surface area contributed by atoms with E-state index in [1.54, 1.807) is 11.3 Å². The Balaban J connectivity index is 2.19. The molecule has 0 bridgehead atoms. The number of halogens is 1. The van der Waals surface area contributed by atoms with E-state index in [0.717, 1.165) is 12.5 Å². The van der Waals surface area contributed by atoms with Crippen LogP contribution >= 0.6 is 11.3 Å². The maximum Gasteiger partial charge on any atom is 0.274 e. The van der Waals surface area contributed by atoms with Crippen LogP contribution in [0.25, 0.3) is 0 Å². The summed E-state index contributed by atoms with van der Waals surface area (Å²) in [6.45, 7) is 2.01. The minimum Gasteiger partial charge on any atom is -0.371 e. The molecule has 0 N–H and O–H groups in total. The summed E-state index contributed by atoms with van der Waals surface area (Å²) >= 11 is 1.67. The van der Waals surface area contributed by atoms with Gasteiger partial charge in [-0.25, -0.2) is 4.39 Å². The molecule has 0 spiro atoms. The third kappa shape index (κ3) is 3.33. The maximum absolute atomic E-state index is 13.5. The van der Waals surface area contributed by atoms with E-state index in [2.05, 4.69) is 0 Å². The lowest BCUT2D eigenvalue weighted by Crippen LogP contribution is -2.30. The highest BCUT2D eigenvalue weighted by molar-refractivity contribution is 7.09. The number of hydrogen-bond acceptors (Lipinski definition) is 4. The molecule has 20 heavy (non-hydrogen) atoms. The van der Waals surface area contributed by atoms with E-state index >= 15 is 0 Å². The molecule has 0 aliphatic heterocycles. The molecular formula is C14H15FN2O2S. The summed E-state index contributed by atoms with van der Waals surface area (Å²) in [5, 5.41) is 12.8. The Hall–Kier alpha value is -1.95. The number of nitrogens with zero attached hydrogens (tertiary/aromatic N) is 2. The summed E-state index contributed by atoms with van der Waals surface area (Å²) in [6, 6.07) is 7.80. The first-order chi connectivity index (χ1) is 9.47. The summed E-state index contributed by atoms with van der Waals surface area (Å²) < 4.78 is 13.5. The van der Waals surface area contributed by atoms with Crippen LogP contribution in [-0.4, -0.2) is 18.0 Å². The normalized spacial score (nSPS) is 12.2. The minimum atomic E-state index is -0.593. The Labute approximate surface area is 120 Å². The van der Waals surface area contributed by atoms with Crippen LogP contribution in [0.1, 0.15) is 11.8 Å². The number of nitro groups is 1. The molecule has 2 aromatic rings. The van der Waals surface area contributed by atoms with Gasteiger partial charge in [0.1, 0.15) is 5.82 Å². The van der Waals surface area contributed by atoms with E-state index in [4.69, 9.17) is 0 Å². The molecule has 1 atom stereocenters. The Morgan fingerprint density at radius 3 is 2.80 bits per heavy atom. The van der Waals surface area contributed by atoms with Gasteiger partial charge in [-0.1, -0.05) is 6.07 Å². The van der Waals surface area contributed by atoms with Crippen molar-refractivity contribution in [1.82, 2.24) is 0 Å². The second kappa shape index (κ2) is 6.00. The fourth-order valence-electron chi connectivity index (χ4n) is 1.98. The second-order valence-corrected chi connectivity index (χ2v) is 5.70. The fraction of sp³-hybridized carbons (Fsp3) is 0.286. The molecule has 2 rings (SSSR count). The van der Waals surface area contributed by atoms with Gasteiger partial charge in [0, 0.05) is 36.1 Å². The minimum absolute atomic E-state index is 0.120. The first kappa shape index (κ1) is 14.5. The highest BCUT2D eigenvalue weighted by Gasteiger charge is 2.16. The molecule has 1 heterocycles. The van der Waals surface area contributed by atoms with Crippen molar-refractivity contribution in [3.63, 3.8) is 0 Å². The molecule has 0 aliphatic rings. The van der Waals surface area contributed by atoms with E-state index in [1.165, 1.54) is 17.0 Å². The quantitative estimate of drug-likeness (QED) is 0.621. The SMILES string of the molecule is CC(Cc1cccs1)N(C)c1cc(F)cc([N+](=O)[O-])c1. The van der Waals surface area contributed by atoms with Crippen LogP contribution in [0.3, 0.4) is 0 Å². The van der Waals surface area contributed by atoms with E-state index in [-0.39, 0.29) is 11.7 Å². The number of likely N-dealkylation sites (N-methyl/N-ethyl adjacent to an activating group) is 1. The predicted molar refractivity (Wildman–Crippen MR) is 78.9 cm³/mol. The first-order valence-corrected chi connectivity index (χ1v) is 7.05. The molecule has 0 saturated heterocycles. The van der Waals surface area contributed by atoms with Crippen molar-refractivity contribution < 1.29 is 9.31 Å². The highest BCUT2D eigenvalue weighted by Crippen LogP contribution is 2.25. The summed E-state index contributed by atoms with van der Waals surface area (Å²) in [5.74, 6) is -0.593. The Morgan fingerprint density at radius 2 is 2.20 bits per heavy atom. The lowest BCUT2D eigenvalue weighted by atomic mass is 10.1. The number of thiophene rings is 1. The van der Waals surface area contributed by atoms with E-state index in [1.807, 2.05) is 36.4 Å². The molecule has 6 heteroatoms. The number of non-ortho nitro benzene ring substituents is 1. The van der Waals surface area contributed by atoms with E-state index in [9.17, 15) is 14.5 Å². The van der Waals surface area contributed by atoms with Gasteiger partial charge < -0.3 is 4.90 Å². The number of benzene rings is 1. The number of nitro benzene ring substituents is 1. The Morgan fingerprint density at radius 1 is 1.45 bits per heavy atom. The summed E-state index contributed by atoms with van der Waals surface area (Å²) in [5.41, 5.74) is 0.288.